The lowest BCUT2D eigenvalue weighted by Crippen LogP contribution is -2.48. The Morgan fingerprint density at radius 1 is 1.50 bits per heavy atom. The molecule has 2 rings (SSSR count). The summed E-state index contributed by atoms with van der Waals surface area (Å²) in [5.74, 6) is 0.141. The minimum absolute atomic E-state index is 0.173. The maximum atomic E-state index is 13.4. The minimum atomic E-state index is -0.173. The van der Waals surface area contributed by atoms with Gasteiger partial charge in [-0.05, 0) is 40.8 Å². The molecule has 0 radical (unpaired) electrons. The Kier molecular flexibility index (Phi) is 2.92. The normalized spacial score (nSPS) is 16.9. The molecule has 0 atom stereocenters. The van der Waals surface area contributed by atoms with E-state index in [-0.39, 0.29) is 12.4 Å². The van der Waals surface area contributed by atoms with Gasteiger partial charge in [0.2, 0.25) is 0 Å². The SMILES string of the molecule is OCC1CN(c2ccc(I)cc2F)C1. The van der Waals surface area contributed by atoms with Crippen molar-refractivity contribution in [2.24, 2.45) is 5.92 Å². The Morgan fingerprint density at radius 3 is 2.79 bits per heavy atom. The lowest BCUT2D eigenvalue weighted by atomic mass is 10.0. The third kappa shape index (κ3) is 1.86. The van der Waals surface area contributed by atoms with Gasteiger partial charge in [-0.15, -0.1) is 0 Å². The molecule has 0 unspecified atom stereocenters. The molecule has 0 aliphatic carbocycles. The van der Waals surface area contributed by atoms with E-state index in [9.17, 15) is 4.39 Å². The molecular weight excluding hydrogens is 296 g/mol. The van der Waals surface area contributed by atoms with Crippen molar-refractivity contribution in [1.82, 2.24) is 0 Å². The molecule has 76 valence electrons. The van der Waals surface area contributed by atoms with Crippen LogP contribution in [0.15, 0.2) is 18.2 Å². The quantitative estimate of drug-likeness (QED) is 0.843. The van der Waals surface area contributed by atoms with Crippen molar-refractivity contribution in [3.8, 4) is 0 Å². The van der Waals surface area contributed by atoms with E-state index < -0.39 is 0 Å². The lowest BCUT2D eigenvalue weighted by molar-refractivity contribution is 0.200. The first-order valence-electron chi connectivity index (χ1n) is 4.51. The summed E-state index contributed by atoms with van der Waals surface area (Å²) in [4.78, 5) is 1.95. The minimum Gasteiger partial charge on any atom is -0.396 e. The zero-order valence-corrected chi connectivity index (χ0v) is 9.74. The van der Waals surface area contributed by atoms with Gasteiger partial charge in [-0.2, -0.15) is 0 Å². The summed E-state index contributed by atoms with van der Waals surface area (Å²) in [5.41, 5.74) is 0.648. The predicted molar refractivity (Wildman–Crippen MR) is 61.9 cm³/mol. The van der Waals surface area contributed by atoms with E-state index in [1.54, 1.807) is 6.07 Å². The molecule has 14 heavy (non-hydrogen) atoms. The highest BCUT2D eigenvalue weighted by atomic mass is 127. The van der Waals surface area contributed by atoms with Crippen LogP contribution in [0.2, 0.25) is 0 Å². The Bertz CT molecular complexity index is 339. The zero-order valence-electron chi connectivity index (χ0n) is 7.58. The predicted octanol–water partition coefficient (Wildman–Crippen LogP) is 1.86. The number of hydrogen-bond acceptors (Lipinski definition) is 2. The van der Waals surface area contributed by atoms with Crippen molar-refractivity contribution in [1.29, 1.82) is 0 Å². The Balaban J connectivity index is 2.11. The lowest BCUT2D eigenvalue weighted by Gasteiger charge is -2.40. The molecular formula is C10H11FINO. The Hall–Kier alpha value is -0.360. The summed E-state index contributed by atoms with van der Waals surface area (Å²) in [5, 5.41) is 8.84. The van der Waals surface area contributed by atoms with E-state index in [1.165, 1.54) is 6.07 Å². The van der Waals surface area contributed by atoms with Gasteiger partial charge >= 0.3 is 0 Å². The fraction of sp³-hybridized carbons (Fsp3) is 0.400. The second kappa shape index (κ2) is 4.02. The summed E-state index contributed by atoms with van der Waals surface area (Å²) in [6.45, 7) is 1.71. The molecule has 1 fully saturated rings. The molecule has 0 amide bonds. The Labute approximate surface area is 95.9 Å². The van der Waals surface area contributed by atoms with Crippen molar-refractivity contribution in [3.63, 3.8) is 0 Å². The van der Waals surface area contributed by atoms with Crippen LogP contribution in [0.1, 0.15) is 0 Å². The molecule has 0 saturated carbocycles. The van der Waals surface area contributed by atoms with Crippen LogP contribution in [0, 0.1) is 15.3 Å². The first-order chi connectivity index (χ1) is 6.70. The fourth-order valence-electron chi connectivity index (χ4n) is 1.62. The molecule has 1 aromatic rings. The average molecular weight is 307 g/mol. The number of benzene rings is 1. The summed E-state index contributed by atoms with van der Waals surface area (Å²) in [6.07, 6.45) is 0. The van der Waals surface area contributed by atoms with Crippen molar-refractivity contribution in [3.05, 3.63) is 27.6 Å². The van der Waals surface area contributed by atoms with Crippen LogP contribution in [0.25, 0.3) is 0 Å². The van der Waals surface area contributed by atoms with Crippen LogP contribution in [0.5, 0.6) is 0 Å². The number of aliphatic hydroxyl groups excluding tert-OH is 1. The van der Waals surface area contributed by atoms with Gasteiger partial charge < -0.3 is 10.0 Å². The molecule has 0 aromatic heterocycles. The van der Waals surface area contributed by atoms with Gasteiger partial charge in [-0.1, -0.05) is 0 Å². The molecule has 1 aromatic carbocycles. The van der Waals surface area contributed by atoms with E-state index >= 15 is 0 Å². The molecule has 0 bridgehead atoms. The molecule has 1 heterocycles. The van der Waals surface area contributed by atoms with E-state index in [0.29, 0.717) is 11.6 Å². The number of halogens is 2. The van der Waals surface area contributed by atoms with Crippen LogP contribution >= 0.6 is 22.6 Å². The largest absolute Gasteiger partial charge is 0.396 e. The number of nitrogens with zero attached hydrogens (tertiary/aromatic N) is 1. The van der Waals surface area contributed by atoms with Gasteiger partial charge in [0.1, 0.15) is 5.82 Å². The molecule has 2 nitrogen and oxygen atoms in total. The molecule has 1 saturated heterocycles. The van der Waals surface area contributed by atoms with Gasteiger partial charge in [-0.25, -0.2) is 4.39 Å². The third-order valence-corrected chi connectivity index (χ3v) is 3.14. The van der Waals surface area contributed by atoms with Crippen LogP contribution in [0.4, 0.5) is 10.1 Å². The number of rotatable bonds is 2. The van der Waals surface area contributed by atoms with Crippen LogP contribution in [-0.4, -0.2) is 24.8 Å². The van der Waals surface area contributed by atoms with Crippen LogP contribution in [-0.2, 0) is 0 Å². The Morgan fingerprint density at radius 2 is 2.21 bits per heavy atom. The van der Waals surface area contributed by atoms with E-state index in [2.05, 4.69) is 22.6 Å². The van der Waals surface area contributed by atoms with Crippen LogP contribution < -0.4 is 4.90 Å². The summed E-state index contributed by atoms with van der Waals surface area (Å²) >= 11 is 2.09. The molecule has 1 aliphatic heterocycles. The fourth-order valence-corrected chi connectivity index (χ4v) is 2.07. The molecule has 1 N–H and O–H groups in total. The highest BCUT2D eigenvalue weighted by Crippen LogP contribution is 2.27. The summed E-state index contributed by atoms with van der Waals surface area (Å²) in [7, 11) is 0. The van der Waals surface area contributed by atoms with E-state index in [0.717, 1.165) is 16.7 Å². The van der Waals surface area contributed by atoms with E-state index in [4.69, 9.17) is 5.11 Å². The molecule has 4 heteroatoms. The van der Waals surface area contributed by atoms with Crippen LogP contribution in [0.3, 0.4) is 0 Å². The maximum absolute atomic E-state index is 13.4. The summed E-state index contributed by atoms with van der Waals surface area (Å²) in [6, 6.07) is 5.22. The average Bonchev–Trinajstić information content (AvgIpc) is 2.06. The first-order valence-corrected chi connectivity index (χ1v) is 5.59. The van der Waals surface area contributed by atoms with Gasteiger partial charge in [0.15, 0.2) is 0 Å². The van der Waals surface area contributed by atoms with Gasteiger partial charge in [-0.3, -0.25) is 0 Å². The second-order valence-electron chi connectivity index (χ2n) is 3.55. The molecule has 0 spiro atoms. The van der Waals surface area contributed by atoms with E-state index in [1.807, 2.05) is 11.0 Å². The number of hydrogen-bond donors (Lipinski definition) is 1. The summed E-state index contributed by atoms with van der Waals surface area (Å²) < 4.78 is 14.3. The van der Waals surface area contributed by atoms with Crippen molar-refractivity contribution < 1.29 is 9.50 Å². The first kappa shape index (κ1) is 10.2. The topological polar surface area (TPSA) is 23.5 Å². The number of anilines is 1. The number of aliphatic hydroxyl groups is 1. The van der Waals surface area contributed by atoms with Gasteiger partial charge in [0, 0.05) is 29.2 Å². The maximum Gasteiger partial charge on any atom is 0.147 e. The van der Waals surface area contributed by atoms with Gasteiger partial charge in [0.25, 0.3) is 0 Å². The van der Waals surface area contributed by atoms with Gasteiger partial charge in [0.05, 0.1) is 5.69 Å². The van der Waals surface area contributed by atoms with Crippen molar-refractivity contribution in [2.75, 3.05) is 24.6 Å². The highest BCUT2D eigenvalue weighted by molar-refractivity contribution is 14.1. The van der Waals surface area contributed by atoms with Crippen molar-refractivity contribution in [2.45, 2.75) is 0 Å². The third-order valence-electron chi connectivity index (χ3n) is 2.47. The highest BCUT2D eigenvalue weighted by Gasteiger charge is 2.27. The second-order valence-corrected chi connectivity index (χ2v) is 4.79. The smallest absolute Gasteiger partial charge is 0.147 e. The monoisotopic (exact) mass is 307 g/mol. The molecule has 1 aliphatic rings. The zero-order chi connectivity index (χ0) is 10.1. The standard InChI is InChI=1S/C10H11FINO/c11-9-3-8(12)1-2-10(9)13-4-7(5-13)6-14/h1-3,7,14H,4-6H2. The van der Waals surface area contributed by atoms with Crippen molar-refractivity contribution >= 4 is 28.3 Å².